The Morgan fingerprint density at radius 3 is 2.41 bits per heavy atom. The highest BCUT2D eigenvalue weighted by atomic mass is 79.9. The molecule has 0 spiro atoms. The first-order chi connectivity index (χ1) is 13.8. The van der Waals surface area contributed by atoms with Gasteiger partial charge in [0.2, 0.25) is 5.91 Å². The summed E-state index contributed by atoms with van der Waals surface area (Å²) < 4.78 is 31.0. The maximum absolute atomic E-state index is 12.7. The third-order valence-corrected chi connectivity index (χ3v) is 4.49. The lowest BCUT2D eigenvalue weighted by molar-refractivity contribution is -0.111. The molecule has 5 nitrogen and oxygen atoms in total. The summed E-state index contributed by atoms with van der Waals surface area (Å²) in [4.78, 5) is 24.7. The summed E-state index contributed by atoms with van der Waals surface area (Å²) in [5, 5.41) is 5.61. The maximum Gasteiger partial charge on any atom is 0.272 e. The zero-order chi connectivity index (χ0) is 21.4. The predicted molar refractivity (Wildman–Crippen MR) is 113 cm³/mol. The Labute approximate surface area is 180 Å². The normalized spacial score (nSPS) is 11.3. The Balaban J connectivity index is 2.27. The van der Waals surface area contributed by atoms with Crippen molar-refractivity contribution in [2.24, 2.45) is 0 Å². The van der Waals surface area contributed by atoms with Gasteiger partial charge >= 0.3 is 0 Å². The fraction of sp³-hybridized carbons (Fsp3) is 0.200. The summed E-state index contributed by atoms with van der Waals surface area (Å²) in [6.07, 6.45) is -0.973. The van der Waals surface area contributed by atoms with Crippen molar-refractivity contribution in [1.82, 2.24) is 0 Å². The number of rotatable bonds is 8. The number of alkyl halides is 2. The number of halogens is 4. The van der Waals surface area contributed by atoms with Crippen LogP contribution >= 0.6 is 27.5 Å². The minimum Gasteiger partial charge on any atom is -0.487 e. The van der Waals surface area contributed by atoms with E-state index in [1.165, 1.54) is 24.3 Å². The molecule has 0 aliphatic carbocycles. The maximum atomic E-state index is 12.7. The van der Waals surface area contributed by atoms with E-state index in [-0.39, 0.29) is 17.0 Å². The van der Waals surface area contributed by atoms with Gasteiger partial charge in [0.1, 0.15) is 12.4 Å². The summed E-state index contributed by atoms with van der Waals surface area (Å²) in [6, 6.07) is 11.0. The van der Waals surface area contributed by atoms with Crippen LogP contribution in [-0.2, 0) is 4.79 Å². The van der Waals surface area contributed by atoms with Crippen molar-refractivity contribution in [2.75, 3.05) is 17.2 Å². The fourth-order valence-corrected chi connectivity index (χ4v) is 2.58. The number of anilines is 2. The third kappa shape index (κ3) is 7.47. The molecule has 0 heterocycles. The second-order valence-electron chi connectivity index (χ2n) is 5.81. The monoisotopic (exact) mass is 486 g/mol. The molecule has 0 bridgehead atoms. The number of carbonyl (C=O) groups excluding carboxylic acids is 2. The van der Waals surface area contributed by atoms with E-state index in [2.05, 4.69) is 26.6 Å². The molecule has 2 N–H and O–H groups in total. The molecule has 2 aromatic rings. The first kappa shape index (κ1) is 22.8. The quantitative estimate of drug-likeness (QED) is 0.461. The van der Waals surface area contributed by atoms with Gasteiger partial charge in [0, 0.05) is 27.0 Å². The molecule has 2 rings (SSSR count). The molecule has 0 unspecified atom stereocenters. The Hall–Kier alpha value is -2.45. The van der Waals surface area contributed by atoms with Crippen LogP contribution in [-0.4, -0.2) is 24.8 Å². The van der Waals surface area contributed by atoms with Gasteiger partial charge in [0.25, 0.3) is 12.3 Å². The van der Waals surface area contributed by atoms with E-state index in [1.54, 1.807) is 31.2 Å². The number of ether oxygens (including phenoxy) is 1. The number of nitrogens with one attached hydrogen (secondary N) is 2. The highest BCUT2D eigenvalue weighted by Gasteiger charge is 2.16. The standard InChI is InChI=1S/C20H18BrClF2N2O3/c1-2-13(22)9-19(27)25-15-7-8-17(29-11-18(23)24)16(10-15)20(28)26-14-5-3-12(21)4-6-14/h3-10,18H,2,11H2,1H3,(H,25,27)(H,26,28)/b13-9-. The second-order valence-corrected chi connectivity index (χ2v) is 7.21. The fourth-order valence-electron chi connectivity index (χ4n) is 2.22. The average Bonchev–Trinajstić information content (AvgIpc) is 2.68. The Morgan fingerprint density at radius 2 is 1.79 bits per heavy atom. The molecule has 0 saturated carbocycles. The summed E-state index contributed by atoms with van der Waals surface area (Å²) in [7, 11) is 0. The van der Waals surface area contributed by atoms with Crippen LogP contribution in [0.1, 0.15) is 23.7 Å². The number of amides is 2. The molecule has 0 atom stereocenters. The second kappa shape index (κ2) is 10.9. The number of carbonyl (C=O) groups is 2. The lowest BCUT2D eigenvalue weighted by Crippen LogP contribution is -2.17. The Bertz CT molecular complexity index is 905. The first-order valence-electron chi connectivity index (χ1n) is 8.57. The molecule has 0 saturated heterocycles. The Morgan fingerprint density at radius 1 is 1.14 bits per heavy atom. The van der Waals surface area contributed by atoms with Crippen LogP contribution in [0, 0.1) is 0 Å². The molecule has 0 fully saturated rings. The van der Waals surface area contributed by atoms with Crippen molar-refractivity contribution in [3.05, 3.63) is 63.6 Å². The number of allylic oxidation sites excluding steroid dienone is 1. The third-order valence-electron chi connectivity index (χ3n) is 3.58. The number of hydrogen-bond acceptors (Lipinski definition) is 3. The van der Waals surface area contributed by atoms with Crippen molar-refractivity contribution >= 4 is 50.7 Å². The lowest BCUT2D eigenvalue weighted by Gasteiger charge is -2.14. The van der Waals surface area contributed by atoms with Crippen molar-refractivity contribution in [3.63, 3.8) is 0 Å². The van der Waals surface area contributed by atoms with Crippen molar-refractivity contribution in [2.45, 2.75) is 19.8 Å². The Kier molecular flexibility index (Phi) is 8.60. The molecular formula is C20H18BrClF2N2O3. The van der Waals surface area contributed by atoms with E-state index in [4.69, 9.17) is 16.3 Å². The summed E-state index contributed by atoms with van der Waals surface area (Å²) >= 11 is 9.15. The van der Waals surface area contributed by atoms with Crippen LogP contribution in [0.2, 0.25) is 0 Å². The molecule has 0 aliphatic heterocycles. The molecule has 0 aromatic heterocycles. The van der Waals surface area contributed by atoms with Gasteiger partial charge in [-0.1, -0.05) is 34.5 Å². The molecule has 0 radical (unpaired) electrons. The zero-order valence-corrected chi connectivity index (χ0v) is 17.7. The van der Waals surface area contributed by atoms with Gasteiger partial charge in [-0.25, -0.2) is 8.78 Å². The lowest BCUT2D eigenvalue weighted by atomic mass is 10.1. The molecule has 154 valence electrons. The topological polar surface area (TPSA) is 67.4 Å². The van der Waals surface area contributed by atoms with E-state index in [9.17, 15) is 18.4 Å². The SMILES string of the molecule is CC/C(Cl)=C/C(=O)Nc1ccc(OCC(F)F)c(C(=O)Nc2ccc(Br)cc2)c1. The molecule has 29 heavy (non-hydrogen) atoms. The van der Waals surface area contributed by atoms with Crippen molar-refractivity contribution < 1.29 is 23.1 Å². The van der Waals surface area contributed by atoms with Gasteiger partial charge in [-0.05, 0) is 48.9 Å². The molecule has 2 aromatic carbocycles. The number of benzene rings is 2. The highest BCUT2D eigenvalue weighted by molar-refractivity contribution is 9.10. The van der Waals surface area contributed by atoms with Crippen LogP contribution in [0.5, 0.6) is 5.75 Å². The van der Waals surface area contributed by atoms with Crippen LogP contribution in [0.15, 0.2) is 58.0 Å². The van der Waals surface area contributed by atoms with Gasteiger partial charge in [-0.2, -0.15) is 0 Å². The van der Waals surface area contributed by atoms with Gasteiger partial charge in [-0.3, -0.25) is 9.59 Å². The van der Waals surface area contributed by atoms with Crippen LogP contribution < -0.4 is 15.4 Å². The van der Waals surface area contributed by atoms with Crippen molar-refractivity contribution in [1.29, 1.82) is 0 Å². The van der Waals surface area contributed by atoms with Crippen LogP contribution in [0.3, 0.4) is 0 Å². The van der Waals surface area contributed by atoms with E-state index >= 15 is 0 Å². The van der Waals surface area contributed by atoms with Gasteiger partial charge < -0.3 is 15.4 Å². The van der Waals surface area contributed by atoms with Gasteiger partial charge in [-0.15, -0.1) is 0 Å². The van der Waals surface area contributed by atoms with E-state index in [0.717, 1.165) is 4.47 Å². The average molecular weight is 488 g/mol. The van der Waals surface area contributed by atoms with E-state index in [0.29, 0.717) is 17.1 Å². The molecule has 2 amide bonds. The van der Waals surface area contributed by atoms with E-state index in [1.807, 2.05) is 0 Å². The minimum absolute atomic E-state index is 0.00284. The minimum atomic E-state index is -2.70. The van der Waals surface area contributed by atoms with E-state index < -0.39 is 24.8 Å². The summed E-state index contributed by atoms with van der Waals surface area (Å²) in [6.45, 7) is 0.935. The largest absolute Gasteiger partial charge is 0.487 e. The molecular weight excluding hydrogens is 470 g/mol. The van der Waals surface area contributed by atoms with Crippen molar-refractivity contribution in [3.8, 4) is 5.75 Å². The number of hydrogen-bond donors (Lipinski definition) is 2. The van der Waals surface area contributed by atoms with Crippen LogP contribution in [0.25, 0.3) is 0 Å². The highest BCUT2D eigenvalue weighted by Crippen LogP contribution is 2.25. The zero-order valence-electron chi connectivity index (χ0n) is 15.3. The van der Waals surface area contributed by atoms with Gasteiger partial charge in [0.05, 0.1) is 5.56 Å². The smallest absolute Gasteiger partial charge is 0.272 e. The first-order valence-corrected chi connectivity index (χ1v) is 9.74. The summed E-state index contributed by atoms with van der Waals surface area (Å²) in [5.74, 6) is -1.08. The van der Waals surface area contributed by atoms with Gasteiger partial charge in [0.15, 0.2) is 0 Å². The molecule has 0 aliphatic rings. The predicted octanol–water partition coefficient (Wildman–Crippen LogP) is 5.82. The molecule has 9 heteroatoms. The van der Waals surface area contributed by atoms with Crippen LogP contribution in [0.4, 0.5) is 20.2 Å². The summed E-state index contributed by atoms with van der Waals surface area (Å²) in [5.41, 5.74) is 0.791.